The number of ether oxygens (including phenoxy) is 4. The highest BCUT2D eigenvalue weighted by molar-refractivity contribution is 5.89. The largest absolute Gasteiger partial charge is 0.497 e. The number of carbonyl (C=O) groups is 1. The molecule has 1 saturated carbocycles. The van der Waals surface area contributed by atoms with Crippen molar-refractivity contribution in [1.29, 1.82) is 0 Å². The lowest BCUT2D eigenvalue weighted by atomic mass is 9.61. The summed E-state index contributed by atoms with van der Waals surface area (Å²) >= 11 is 0. The summed E-state index contributed by atoms with van der Waals surface area (Å²) < 4.78 is 22.3. The maximum atomic E-state index is 12.9. The topological polar surface area (TPSA) is 54.0 Å². The van der Waals surface area contributed by atoms with E-state index >= 15 is 0 Å². The number of esters is 1. The van der Waals surface area contributed by atoms with E-state index in [1.165, 1.54) is 7.11 Å². The van der Waals surface area contributed by atoms with Crippen LogP contribution in [-0.2, 0) is 30.8 Å². The van der Waals surface area contributed by atoms with Gasteiger partial charge in [0.1, 0.15) is 11.2 Å². The van der Waals surface area contributed by atoms with Crippen molar-refractivity contribution in [2.24, 2.45) is 0 Å². The predicted molar refractivity (Wildman–Crippen MR) is 87.0 cm³/mol. The second-order valence-electron chi connectivity index (χ2n) is 6.64. The molecule has 128 valence electrons. The normalized spacial score (nSPS) is 27.2. The second-order valence-corrected chi connectivity index (χ2v) is 6.64. The van der Waals surface area contributed by atoms with E-state index in [1.54, 1.807) is 7.11 Å². The summed E-state index contributed by atoms with van der Waals surface area (Å²) in [4.78, 5) is 12.9. The summed E-state index contributed by atoms with van der Waals surface area (Å²) in [6, 6.07) is 5.94. The molecule has 0 radical (unpaired) electrons. The number of hydrogen-bond acceptors (Lipinski definition) is 5. The molecule has 0 aromatic heterocycles. The van der Waals surface area contributed by atoms with Gasteiger partial charge in [-0.25, -0.2) is 0 Å². The Labute approximate surface area is 141 Å². The molecule has 24 heavy (non-hydrogen) atoms. The molecule has 0 amide bonds. The average Bonchev–Trinajstić information content (AvgIpc) is 3.08. The molecule has 2 fully saturated rings. The van der Waals surface area contributed by atoms with E-state index in [0.717, 1.165) is 28.9 Å². The highest BCUT2D eigenvalue weighted by atomic mass is 16.7. The van der Waals surface area contributed by atoms with Crippen molar-refractivity contribution in [2.75, 3.05) is 27.4 Å². The van der Waals surface area contributed by atoms with Crippen LogP contribution in [-0.4, -0.2) is 39.2 Å². The number of benzene rings is 1. The summed E-state index contributed by atoms with van der Waals surface area (Å²) in [5.41, 5.74) is 2.48. The van der Waals surface area contributed by atoms with Gasteiger partial charge in [0, 0.05) is 12.8 Å². The van der Waals surface area contributed by atoms with Crippen molar-refractivity contribution >= 4 is 5.97 Å². The van der Waals surface area contributed by atoms with E-state index in [1.807, 2.05) is 18.2 Å². The van der Waals surface area contributed by atoms with Crippen molar-refractivity contribution in [2.45, 2.75) is 36.9 Å². The molecule has 1 aromatic carbocycles. The fourth-order valence-corrected chi connectivity index (χ4v) is 4.40. The Kier molecular flexibility index (Phi) is 3.66. The Morgan fingerprint density at radius 1 is 1.17 bits per heavy atom. The van der Waals surface area contributed by atoms with E-state index in [0.29, 0.717) is 32.5 Å². The molecule has 1 aliphatic heterocycles. The zero-order chi connectivity index (χ0) is 16.8. The molecular weight excluding hydrogens is 308 g/mol. The molecule has 1 heterocycles. The van der Waals surface area contributed by atoms with E-state index < -0.39 is 11.2 Å². The van der Waals surface area contributed by atoms with Crippen LogP contribution >= 0.6 is 0 Å². The molecule has 4 rings (SSSR count). The van der Waals surface area contributed by atoms with Crippen LogP contribution in [0.4, 0.5) is 0 Å². The monoisotopic (exact) mass is 330 g/mol. The fourth-order valence-electron chi connectivity index (χ4n) is 4.40. The first-order valence-corrected chi connectivity index (χ1v) is 8.37. The number of allylic oxidation sites excluding steroid dienone is 1. The number of methoxy groups -OCH3 is 2. The Bertz CT molecular complexity index is 702. The zero-order valence-electron chi connectivity index (χ0n) is 14.1. The van der Waals surface area contributed by atoms with Crippen LogP contribution in [0, 0.1) is 0 Å². The number of hydrogen-bond donors (Lipinski definition) is 0. The van der Waals surface area contributed by atoms with Gasteiger partial charge in [0.25, 0.3) is 0 Å². The molecule has 0 bridgehead atoms. The number of carbonyl (C=O) groups excluding carboxylic acids is 1. The molecule has 2 aliphatic carbocycles. The molecule has 1 aromatic rings. The minimum absolute atomic E-state index is 0.201. The molecule has 1 unspecified atom stereocenters. The van der Waals surface area contributed by atoms with Crippen molar-refractivity contribution < 1.29 is 23.7 Å². The minimum Gasteiger partial charge on any atom is -0.497 e. The van der Waals surface area contributed by atoms with E-state index in [9.17, 15) is 4.79 Å². The smallest absolute Gasteiger partial charge is 0.320 e. The van der Waals surface area contributed by atoms with E-state index in [2.05, 4.69) is 6.08 Å². The van der Waals surface area contributed by atoms with Crippen molar-refractivity contribution in [3.05, 3.63) is 41.0 Å². The maximum absolute atomic E-state index is 12.9. The van der Waals surface area contributed by atoms with Crippen molar-refractivity contribution in [3.63, 3.8) is 0 Å². The van der Waals surface area contributed by atoms with Gasteiger partial charge < -0.3 is 18.9 Å². The lowest BCUT2D eigenvalue weighted by Gasteiger charge is -2.46. The lowest BCUT2D eigenvalue weighted by molar-refractivity contribution is -0.178. The van der Waals surface area contributed by atoms with Gasteiger partial charge in [-0.2, -0.15) is 0 Å². The van der Waals surface area contributed by atoms with Crippen LogP contribution in [0.2, 0.25) is 0 Å². The van der Waals surface area contributed by atoms with Gasteiger partial charge in [0.15, 0.2) is 5.79 Å². The molecule has 5 heteroatoms. The van der Waals surface area contributed by atoms with Crippen LogP contribution in [0.15, 0.2) is 29.8 Å². The van der Waals surface area contributed by atoms with Crippen LogP contribution < -0.4 is 4.74 Å². The molecular formula is C19H22O5. The first-order chi connectivity index (χ1) is 11.6. The summed E-state index contributed by atoms with van der Waals surface area (Å²) in [5.74, 6) is 0.0425. The maximum Gasteiger partial charge on any atom is 0.320 e. The third-order valence-electron chi connectivity index (χ3n) is 5.58. The summed E-state index contributed by atoms with van der Waals surface area (Å²) in [6.07, 6.45) is 4.85. The van der Waals surface area contributed by atoms with Gasteiger partial charge >= 0.3 is 5.97 Å². The summed E-state index contributed by atoms with van der Waals surface area (Å²) in [7, 11) is 3.11. The third-order valence-corrected chi connectivity index (χ3v) is 5.58. The zero-order valence-corrected chi connectivity index (χ0v) is 14.1. The van der Waals surface area contributed by atoms with Crippen LogP contribution in [0.25, 0.3) is 0 Å². The van der Waals surface area contributed by atoms with Gasteiger partial charge in [0.05, 0.1) is 27.4 Å². The van der Waals surface area contributed by atoms with Gasteiger partial charge in [-0.1, -0.05) is 12.1 Å². The second kappa shape index (κ2) is 5.60. The highest BCUT2D eigenvalue weighted by Crippen LogP contribution is 2.53. The Hall–Kier alpha value is -1.85. The quantitative estimate of drug-likeness (QED) is 0.616. The van der Waals surface area contributed by atoms with Gasteiger partial charge in [-0.05, 0) is 41.7 Å². The molecule has 0 N–H and O–H groups in total. The standard InChI is InChI=1S/C19H22O5/c1-21-15-5-6-16-13(11-15)3-4-14-12-18(23-9-10-24-18)7-8-19(14,16)17(20)22-2/h4-6,11H,3,7-10,12H2,1-2H3. The molecule has 1 saturated heterocycles. The lowest BCUT2D eigenvalue weighted by Crippen LogP contribution is -2.50. The van der Waals surface area contributed by atoms with Gasteiger partial charge in [-0.15, -0.1) is 0 Å². The Balaban J connectivity index is 1.81. The Morgan fingerprint density at radius 3 is 2.67 bits per heavy atom. The van der Waals surface area contributed by atoms with Crippen LogP contribution in [0.1, 0.15) is 30.4 Å². The van der Waals surface area contributed by atoms with Gasteiger partial charge in [0.2, 0.25) is 0 Å². The molecule has 1 atom stereocenters. The van der Waals surface area contributed by atoms with E-state index in [-0.39, 0.29) is 5.97 Å². The first-order valence-electron chi connectivity index (χ1n) is 8.37. The predicted octanol–water partition coefficient (Wildman–Crippen LogP) is 2.52. The third kappa shape index (κ3) is 2.11. The van der Waals surface area contributed by atoms with Crippen LogP contribution in [0.5, 0.6) is 5.75 Å². The SMILES string of the molecule is COC(=O)C12CCC3(CC1=CCc1cc(OC)ccc12)OCCO3. The number of rotatable bonds is 2. The van der Waals surface area contributed by atoms with Crippen molar-refractivity contribution in [1.82, 2.24) is 0 Å². The summed E-state index contributed by atoms with van der Waals surface area (Å²) in [6.45, 7) is 1.23. The number of fused-ring (bicyclic) bond motifs is 3. The highest BCUT2D eigenvalue weighted by Gasteiger charge is 2.55. The average molecular weight is 330 g/mol. The van der Waals surface area contributed by atoms with Crippen LogP contribution in [0.3, 0.4) is 0 Å². The minimum atomic E-state index is -0.727. The molecule has 3 aliphatic rings. The fraction of sp³-hybridized carbons (Fsp3) is 0.526. The van der Waals surface area contributed by atoms with Crippen molar-refractivity contribution in [3.8, 4) is 5.75 Å². The summed E-state index contributed by atoms with van der Waals surface area (Å²) in [5, 5.41) is 0. The first kappa shape index (κ1) is 15.7. The molecule has 1 spiro atoms. The van der Waals surface area contributed by atoms with Gasteiger partial charge in [-0.3, -0.25) is 4.79 Å². The Morgan fingerprint density at radius 2 is 1.96 bits per heavy atom. The molecule has 5 nitrogen and oxygen atoms in total. The van der Waals surface area contributed by atoms with E-state index in [4.69, 9.17) is 18.9 Å².